The molecule has 4 heterocycles. The number of nitrogens with zero attached hydrogens (tertiary/aromatic N) is 2. The predicted octanol–water partition coefficient (Wildman–Crippen LogP) is 2.69. The Bertz CT molecular complexity index is 958. The highest BCUT2D eigenvalue weighted by molar-refractivity contribution is 6.14. The number of rotatable bonds is 4. The first-order chi connectivity index (χ1) is 14.2. The van der Waals surface area contributed by atoms with Crippen molar-refractivity contribution in [3.8, 4) is 11.5 Å². The average molecular weight is 396 g/mol. The Hall–Kier alpha value is -2.61. The number of ketones is 1. The first-order valence-electron chi connectivity index (χ1n) is 9.99. The zero-order chi connectivity index (χ0) is 19.8. The number of carbonyl (C=O) groups is 1. The van der Waals surface area contributed by atoms with Gasteiger partial charge in [-0.3, -0.25) is 14.6 Å². The number of aryl methyl sites for hydroxylation is 1. The lowest BCUT2D eigenvalue weighted by atomic mass is 10.0. The molecule has 0 radical (unpaired) electrons. The lowest BCUT2D eigenvalue weighted by Gasteiger charge is -2.33. The molecule has 0 saturated carbocycles. The number of carbonyl (C=O) groups excluding carboxylic acids is 1. The van der Waals surface area contributed by atoms with Crippen molar-refractivity contribution in [2.24, 2.45) is 0 Å². The molecule has 0 atom stereocenters. The van der Waals surface area contributed by atoms with E-state index in [9.17, 15) is 4.79 Å². The normalized spacial score (nSPS) is 21.0. The summed E-state index contributed by atoms with van der Waals surface area (Å²) >= 11 is 0. The molecule has 3 aliphatic rings. The van der Waals surface area contributed by atoms with Gasteiger partial charge in [0.25, 0.3) is 0 Å². The van der Waals surface area contributed by atoms with Gasteiger partial charge in [-0.2, -0.15) is 0 Å². The number of hydrogen-bond acceptors (Lipinski definition) is 7. The average Bonchev–Trinajstić information content (AvgIpc) is 3.30. The van der Waals surface area contributed by atoms with Crippen LogP contribution < -0.4 is 9.47 Å². The van der Waals surface area contributed by atoms with Crippen LogP contribution in [0.1, 0.15) is 27.4 Å². The molecule has 0 aliphatic carbocycles. The maximum Gasteiger partial charge on any atom is 0.232 e. The summed E-state index contributed by atoms with van der Waals surface area (Å²) < 4.78 is 22.9. The molecule has 0 N–H and O–H groups in total. The number of allylic oxidation sites excluding steroid dienone is 1. The minimum absolute atomic E-state index is 0.123. The monoisotopic (exact) mass is 396 g/mol. The number of furan rings is 1. The van der Waals surface area contributed by atoms with Crippen LogP contribution in [-0.2, 0) is 11.3 Å². The van der Waals surface area contributed by atoms with E-state index in [2.05, 4.69) is 9.80 Å². The molecule has 0 spiro atoms. The molecule has 7 heteroatoms. The van der Waals surface area contributed by atoms with E-state index in [0.717, 1.165) is 56.5 Å². The molecule has 3 aliphatic heterocycles. The lowest BCUT2D eigenvalue weighted by molar-refractivity contribution is 0.0239. The summed E-state index contributed by atoms with van der Waals surface area (Å²) in [6, 6.07) is 7.34. The Morgan fingerprint density at radius 1 is 1.07 bits per heavy atom. The second-order valence-electron chi connectivity index (χ2n) is 7.59. The maximum absolute atomic E-state index is 12.8. The highest BCUT2D eigenvalue weighted by atomic mass is 16.5. The van der Waals surface area contributed by atoms with Gasteiger partial charge in [-0.15, -0.1) is 0 Å². The van der Waals surface area contributed by atoms with Gasteiger partial charge < -0.3 is 18.6 Å². The number of fused-ring (bicyclic) bond motifs is 3. The predicted molar refractivity (Wildman–Crippen MR) is 106 cm³/mol. The summed E-state index contributed by atoms with van der Waals surface area (Å²) in [4.78, 5) is 17.4. The zero-order valence-corrected chi connectivity index (χ0v) is 16.5. The summed E-state index contributed by atoms with van der Waals surface area (Å²) in [6.45, 7) is 8.51. The summed E-state index contributed by atoms with van der Waals surface area (Å²) in [5.74, 6) is 2.96. The Morgan fingerprint density at radius 3 is 2.69 bits per heavy atom. The van der Waals surface area contributed by atoms with Crippen LogP contribution in [0.15, 0.2) is 34.4 Å². The third-order valence-electron chi connectivity index (χ3n) is 5.55. The second-order valence-corrected chi connectivity index (χ2v) is 7.59. The SMILES string of the molecule is Cc1ccc(/C=C2\Oc3c(ccc4c3CN(CCN3CCOCC3)CO4)C2=O)o1. The highest BCUT2D eigenvalue weighted by Gasteiger charge is 2.33. The number of benzene rings is 1. The molecule has 7 nitrogen and oxygen atoms in total. The van der Waals surface area contributed by atoms with Gasteiger partial charge in [0, 0.05) is 38.8 Å². The fourth-order valence-electron chi connectivity index (χ4n) is 3.92. The number of morpholine rings is 1. The van der Waals surface area contributed by atoms with Crippen molar-refractivity contribution < 1.29 is 23.4 Å². The molecular formula is C22H24N2O5. The van der Waals surface area contributed by atoms with Crippen molar-refractivity contribution >= 4 is 11.9 Å². The maximum atomic E-state index is 12.8. The van der Waals surface area contributed by atoms with Gasteiger partial charge in [0.1, 0.15) is 29.8 Å². The van der Waals surface area contributed by atoms with E-state index in [4.69, 9.17) is 18.6 Å². The highest BCUT2D eigenvalue weighted by Crippen LogP contribution is 2.42. The van der Waals surface area contributed by atoms with Crippen LogP contribution in [0, 0.1) is 6.92 Å². The summed E-state index contributed by atoms with van der Waals surface area (Å²) in [6.07, 6.45) is 1.65. The van der Waals surface area contributed by atoms with Gasteiger partial charge in [0.15, 0.2) is 5.76 Å². The van der Waals surface area contributed by atoms with Gasteiger partial charge in [0.2, 0.25) is 5.78 Å². The van der Waals surface area contributed by atoms with Crippen molar-refractivity contribution in [3.63, 3.8) is 0 Å². The van der Waals surface area contributed by atoms with Gasteiger partial charge in [-0.25, -0.2) is 0 Å². The molecule has 5 rings (SSSR count). The van der Waals surface area contributed by atoms with Gasteiger partial charge in [0.05, 0.1) is 24.3 Å². The second kappa shape index (κ2) is 7.67. The van der Waals surface area contributed by atoms with Crippen LogP contribution in [0.3, 0.4) is 0 Å². The molecule has 1 aromatic carbocycles. The van der Waals surface area contributed by atoms with Crippen molar-refractivity contribution in [1.82, 2.24) is 9.80 Å². The number of Topliss-reactive ketones (excluding diaryl/α,β-unsaturated/α-hetero) is 1. The van der Waals surface area contributed by atoms with E-state index in [1.807, 2.05) is 25.1 Å². The minimum Gasteiger partial charge on any atom is -0.478 e. The Balaban J connectivity index is 1.33. The summed E-state index contributed by atoms with van der Waals surface area (Å²) in [5.41, 5.74) is 1.51. The first kappa shape index (κ1) is 18.4. The number of hydrogen-bond donors (Lipinski definition) is 0. The Labute approximate surface area is 169 Å². The summed E-state index contributed by atoms with van der Waals surface area (Å²) in [7, 11) is 0. The quantitative estimate of drug-likeness (QED) is 0.736. The molecule has 1 fully saturated rings. The van der Waals surface area contributed by atoms with E-state index in [-0.39, 0.29) is 11.5 Å². The van der Waals surface area contributed by atoms with Gasteiger partial charge in [-0.05, 0) is 31.2 Å². The third kappa shape index (κ3) is 3.69. The molecule has 152 valence electrons. The lowest BCUT2D eigenvalue weighted by Crippen LogP contribution is -2.43. The van der Waals surface area contributed by atoms with Crippen LogP contribution in [-0.4, -0.2) is 61.7 Å². The molecule has 29 heavy (non-hydrogen) atoms. The molecule has 2 aromatic rings. The smallest absolute Gasteiger partial charge is 0.232 e. The Kier molecular flexibility index (Phi) is 4.87. The first-order valence-corrected chi connectivity index (χ1v) is 9.99. The third-order valence-corrected chi connectivity index (χ3v) is 5.55. The summed E-state index contributed by atoms with van der Waals surface area (Å²) in [5, 5.41) is 0. The van der Waals surface area contributed by atoms with Crippen LogP contribution in [0.4, 0.5) is 0 Å². The van der Waals surface area contributed by atoms with E-state index in [0.29, 0.717) is 30.3 Å². The molecule has 1 saturated heterocycles. The van der Waals surface area contributed by atoms with Crippen LogP contribution in [0.5, 0.6) is 11.5 Å². The van der Waals surface area contributed by atoms with E-state index < -0.39 is 0 Å². The molecule has 0 amide bonds. The van der Waals surface area contributed by atoms with Crippen molar-refractivity contribution in [1.29, 1.82) is 0 Å². The standard InChI is InChI=1S/C22H24N2O5/c1-15-2-3-16(28-15)12-20-21(25)17-4-5-19-18(22(17)29-20)13-24(14-27-19)7-6-23-8-10-26-11-9-23/h2-5,12H,6-11,13-14H2,1H3/b20-12-. The van der Waals surface area contributed by atoms with Crippen molar-refractivity contribution in [3.05, 3.63) is 52.7 Å². The van der Waals surface area contributed by atoms with E-state index in [1.165, 1.54) is 0 Å². The molecular weight excluding hydrogens is 372 g/mol. The van der Waals surface area contributed by atoms with Crippen LogP contribution in [0.2, 0.25) is 0 Å². The van der Waals surface area contributed by atoms with Gasteiger partial charge >= 0.3 is 0 Å². The van der Waals surface area contributed by atoms with Crippen LogP contribution in [0.25, 0.3) is 6.08 Å². The molecule has 0 unspecified atom stereocenters. The van der Waals surface area contributed by atoms with Crippen molar-refractivity contribution in [2.75, 3.05) is 46.1 Å². The van der Waals surface area contributed by atoms with Gasteiger partial charge in [-0.1, -0.05) is 0 Å². The Morgan fingerprint density at radius 2 is 1.90 bits per heavy atom. The number of ether oxygens (including phenoxy) is 3. The van der Waals surface area contributed by atoms with Crippen molar-refractivity contribution in [2.45, 2.75) is 13.5 Å². The fraction of sp³-hybridized carbons (Fsp3) is 0.409. The molecule has 1 aromatic heterocycles. The van der Waals surface area contributed by atoms with E-state index >= 15 is 0 Å². The fourth-order valence-corrected chi connectivity index (χ4v) is 3.92. The molecule has 0 bridgehead atoms. The topological polar surface area (TPSA) is 64.4 Å². The zero-order valence-electron chi connectivity index (χ0n) is 16.5. The minimum atomic E-state index is -0.123. The van der Waals surface area contributed by atoms with E-state index in [1.54, 1.807) is 12.1 Å². The largest absolute Gasteiger partial charge is 0.478 e. The van der Waals surface area contributed by atoms with Crippen LogP contribution >= 0.6 is 0 Å².